The lowest BCUT2D eigenvalue weighted by Gasteiger charge is -2.26. The SMILES string of the molecule is Cc1cccc2c(C3=CCN(C(=O)COc4ccc(Cl)cc4Cl)CC3)c[nH]c12. The molecular formula is C22H20Cl2N2O2. The Morgan fingerprint density at radius 2 is 2.11 bits per heavy atom. The number of hydrogen-bond acceptors (Lipinski definition) is 2. The molecule has 1 aliphatic rings. The minimum Gasteiger partial charge on any atom is -0.482 e. The molecule has 0 spiro atoms. The number of rotatable bonds is 4. The van der Waals surface area contributed by atoms with Crippen molar-refractivity contribution in [2.24, 2.45) is 0 Å². The molecule has 1 N–H and O–H groups in total. The van der Waals surface area contributed by atoms with Gasteiger partial charge in [-0.15, -0.1) is 0 Å². The van der Waals surface area contributed by atoms with Crippen LogP contribution in [-0.4, -0.2) is 35.5 Å². The molecule has 28 heavy (non-hydrogen) atoms. The van der Waals surface area contributed by atoms with Crippen LogP contribution in [0.15, 0.2) is 48.7 Å². The van der Waals surface area contributed by atoms with E-state index in [2.05, 4.69) is 42.4 Å². The van der Waals surface area contributed by atoms with E-state index in [4.69, 9.17) is 27.9 Å². The van der Waals surface area contributed by atoms with E-state index in [-0.39, 0.29) is 12.5 Å². The van der Waals surface area contributed by atoms with E-state index in [0.717, 1.165) is 6.42 Å². The van der Waals surface area contributed by atoms with E-state index < -0.39 is 0 Å². The summed E-state index contributed by atoms with van der Waals surface area (Å²) in [7, 11) is 0. The molecule has 3 aromatic rings. The number of H-pyrrole nitrogens is 1. The predicted molar refractivity (Wildman–Crippen MR) is 114 cm³/mol. The summed E-state index contributed by atoms with van der Waals surface area (Å²) in [5.41, 5.74) is 4.89. The Morgan fingerprint density at radius 3 is 2.86 bits per heavy atom. The second-order valence-corrected chi connectivity index (χ2v) is 7.73. The fourth-order valence-electron chi connectivity index (χ4n) is 3.53. The Hall–Kier alpha value is -2.43. The molecule has 2 aromatic carbocycles. The van der Waals surface area contributed by atoms with Crippen LogP contribution in [0.5, 0.6) is 5.75 Å². The number of halogens is 2. The molecule has 4 rings (SSSR count). The highest BCUT2D eigenvalue weighted by atomic mass is 35.5. The van der Waals surface area contributed by atoms with Crippen LogP contribution >= 0.6 is 23.2 Å². The van der Waals surface area contributed by atoms with E-state index in [0.29, 0.717) is 28.9 Å². The number of aryl methyl sites for hydroxylation is 1. The van der Waals surface area contributed by atoms with E-state index in [9.17, 15) is 4.79 Å². The number of ether oxygens (including phenoxy) is 1. The molecule has 0 saturated carbocycles. The minimum absolute atomic E-state index is 0.0448. The van der Waals surface area contributed by atoms with Crippen molar-refractivity contribution in [3.63, 3.8) is 0 Å². The number of para-hydroxylation sites is 1. The third kappa shape index (κ3) is 3.75. The van der Waals surface area contributed by atoms with Crippen LogP contribution in [0.4, 0.5) is 0 Å². The molecule has 6 heteroatoms. The smallest absolute Gasteiger partial charge is 0.260 e. The Labute approximate surface area is 173 Å². The van der Waals surface area contributed by atoms with Gasteiger partial charge in [0.15, 0.2) is 6.61 Å². The topological polar surface area (TPSA) is 45.3 Å². The zero-order chi connectivity index (χ0) is 19.7. The van der Waals surface area contributed by atoms with E-state index in [1.807, 2.05) is 0 Å². The van der Waals surface area contributed by atoms with Crippen molar-refractivity contribution >= 4 is 45.6 Å². The average Bonchev–Trinajstić information content (AvgIpc) is 3.13. The lowest BCUT2D eigenvalue weighted by molar-refractivity contribution is -0.132. The zero-order valence-electron chi connectivity index (χ0n) is 15.5. The monoisotopic (exact) mass is 414 g/mol. The van der Waals surface area contributed by atoms with Crippen LogP contribution in [-0.2, 0) is 4.79 Å². The molecule has 1 aromatic heterocycles. The van der Waals surface area contributed by atoms with Gasteiger partial charge in [-0.05, 0) is 42.7 Å². The standard InChI is InChI=1S/C22H20Cl2N2O2/c1-14-3-2-4-17-18(12-25-22(14)17)15-7-9-26(10-8-15)21(27)13-28-20-6-5-16(23)11-19(20)24/h2-7,11-12,25H,8-10,13H2,1H3. The third-order valence-corrected chi connectivity index (χ3v) is 5.61. The zero-order valence-corrected chi connectivity index (χ0v) is 17.0. The maximum absolute atomic E-state index is 12.5. The first-order valence-corrected chi connectivity index (χ1v) is 9.90. The first-order valence-electron chi connectivity index (χ1n) is 9.14. The molecule has 4 nitrogen and oxygen atoms in total. The number of carbonyl (C=O) groups excluding carboxylic acids is 1. The molecule has 0 saturated heterocycles. The molecule has 144 valence electrons. The summed E-state index contributed by atoms with van der Waals surface area (Å²) < 4.78 is 5.57. The molecule has 0 aliphatic carbocycles. The second-order valence-electron chi connectivity index (χ2n) is 6.88. The summed E-state index contributed by atoms with van der Waals surface area (Å²) in [4.78, 5) is 17.7. The van der Waals surface area contributed by atoms with Crippen molar-refractivity contribution in [3.8, 4) is 5.75 Å². The van der Waals surface area contributed by atoms with Crippen LogP contribution in [0.2, 0.25) is 10.0 Å². The van der Waals surface area contributed by atoms with E-state index in [1.165, 1.54) is 27.6 Å². The van der Waals surface area contributed by atoms with Crippen molar-refractivity contribution in [2.45, 2.75) is 13.3 Å². The number of aromatic nitrogens is 1. The average molecular weight is 415 g/mol. The lowest BCUT2D eigenvalue weighted by atomic mass is 9.98. The number of fused-ring (bicyclic) bond motifs is 1. The van der Waals surface area contributed by atoms with Gasteiger partial charge < -0.3 is 14.6 Å². The molecule has 2 heterocycles. The van der Waals surface area contributed by atoms with Crippen LogP contribution in [0, 0.1) is 6.92 Å². The van der Waals surface area contributed by atoms with Crippen molar-refractivity contribution in [1.29, 1.82) is 0 Å². The van der Waals surface area contributed by atoms with E-state index >= 15 is 0 Å². The molecular weight excluding hydrogens is 395 g/mol. The number of aromatic amines is 1. The Bertz CT molecular complexity index is 1070. The summed E-state index contributed by atoms with van der Waals surface area (Å²) in [5.74, 6) is 0.401. The normalized spacial score (nSPS) is 14.2. The quantitative estimate of drug-likeness (QED) is 0.614. The van der Waals surface area contributed by atoms with Crippen LogP contribution in [0.3, 0.4) is 0 Å². The lowest BCUT2D eigenvalue weighted by Crippen LogP contribution is -2.37. The van der Waals surface area contributed by atoms with E-state index in [1.54, 1.807) is 23.1 Å². The van der Waals surface area contributed by atoms with Gasteiger partial charge in [0.2, 0.25) is 0 Å². The number of benzene rings is 2. The second kappa shape index (κ2) is 7.90. The van der Waals surface area contributed by atoms with Gasteiger partial charge >= 0.3 is 0 Å². The van der Waals surface area contributed by atoms with Gasteiger partial charge in [-0.25, -0.2) is 0 Å². The van der Waals surface area contributed by atoms with Gasteiger partial charge in [0.1, 0.15) is 5.75 Å². The van der Waals surface area contributed by atoms with Crippen molar-refractivity contribution in [3.05, 3.63) is 69.8 Å². The highest BCUT2D eigenvalue weighted by Gasteiger charge is 2.20. The number of nitrogens with zero attached hydrogens (tertiary/aromatic N) is 1. The maximum atomic E-state index is 12.5. The number of hydrogen-bond donors (Lipinski definition) is 1. The minimum atomic E-state index is -0.0592. The van der Waals surface area contributed by atoms with Gasteiger partial charge in [-0.1, -0.05) is 47.5 Å². The summed E-state index contributed by atoms with van der Waals surface area (Å²) in [6, 6.07) is 11.3. The molecule has 0 bridgehead atoms. The van der Waals surface area contributed by atoms with Gasteiger partial charge in [0.25, 0.3) is 5.91 Å². The highest BCUT2D eigenvalue weighted by Crippen LogP contribution is 2.31. The van der Waals surface area contributed by atoms with Crippen molar-refractivity contribution in [1.82, 2.24) is 9.88 Å². The molecule has 0 atom stereocenters. The highest BCUT2D eigenvalue weighted by molar-refractivity contribution is 6.35. The first kappa shape index (κ1) is 18.9. The predicted octanol–water partition coefficient (Wildman–Crippen LogP) is 5.48. The summed E-state index contributed by atoms with van der Waals surface area (Å²) >= 11 is 12.0. The summed E-state index contributed by atoms with van der Waals surface area (Å²) in [6.07, 6.45) is 5.00. The fourth-order valence-corrected chi connectivity index (χ4v) is 4.00. The number of amides is 1. The van der Waals surface area contributed by atoms with Crippen LogP contribution in [0.1, 0.15) is 17.5 Å². The third-order valence-electron chi connectivity index (χ3n) is 5.08. The van der Waals surface area contributed by atoms with Gasteiger partial charge in [-0.3, -0.25) is 4.79 Å². The largest absolute Gasteiger partial charge is 0.482 e. The Kier molecular flexibility index (Phi) is 5.33. The first-order chi connectivity index (χ1) is 13.5. The summed E-state index contributed by atoms with van der Waals surface area (Å²) in [6.45, 7) is 3.30. The maximum Gasteiger partial charge on any atom is 0.260 e. The summed E-state index contributed by atoms with van der Waals surface area (Å²) in [5, 5.41) is 2.16. The van der Waals surface area contributed by atoms with Gasteiger partial charge in [0, 0.05) is 40.8 Å². The van der Waals surface area contributed by atoms with Gasteiger partial charge in [-0.2, -0.15) is 0 Å². The Morgan fingerprint density at radius 1 is 1.25 bits per heavy atom. The molecule has 0 fully saturated rings. The Balaban J connectivity index is 1.41. The molecule has 1 aliphatic heterocycles. The number of nitrogens with one attached hydrogen (secondary N) is 1. The van der Waals surface area contributed by atoms with Crippen LogP contribution in [0.25, 0.3) is 16.5 Å². The van der Waals surface area contributed by atoms with Crippen LogP contribution < -0.4 is 4.74 Å². The fraction of sp³-hybridized carbons (Fsp3) is 0.227. The van der Waals surface area contributed by atoms with Crippen molar-refractivity contribution in [2.75, 3.05) is 19.7 Å². The molecule has 1 amide bonds. The molecule has 0 unspecified atom stereocenters. The van der Waals surface area contributed by atoms with Gasteiger partial charge in [0.05, 0.1) is 5.02 Å². The number of carbonyl (C=O) groups is 1. The molecule has 0 radical (unpaired) electrons. The van der Waals surface area contributed by atoms with Crippen molar-refractivity contribution < 1.29 is 9.53 Å².